The minimum atomic E-state index is -0.0299. The van der Waals surface area contributed by atoms with Gasteiger partial charge in [-0.1, -0.05) is 30.2 Å². The van der Waals surface area contributed by atoms with Crippen LogP contribution in [-0.4, -0.2) is 40.0 Å². The third kappa shape index (κ3) is 3.60. The maximum atomic E-state index is 13.3. The molecule has 1 aliphatic rings. The Morgan fingerprint density at radius 3 is 2.46 bits per heavy atom. The van der Waals surface area contributed by atoms with E-state index >= 15 is 0 Å². The van der Waals surface area contributed by atoms with Crippen LogP contribution in [0.3, 0.4) is 0 Å². The average Bonchev–Trinajstić information content (AvgIpc) is 3.00. The Morgan fingerprint density at radius 1 is 1.07 bits per heavy atom. The molecule has 0 saturated carbocycles. The molecule has 1 fully saturated rings. The summed E-state index contributed by atoms with van der Waals surface area (Å²) in [7, 11) is 0. The number of benzene rings is 2. The number of likely N-dealkylation sites (tertiary alicyclic amines) is 1. The average molecular weight is 397 g/mol. The number of piperidine rings is 1. The lowest BCUT2D eigenvalue weighted by Gasteiger charge is -2.25. The summed E-state index contributed by atoms with van der Waals surface area (Å²) in [6.45, 7) is 4.42. The molecule has 0 unspecified atom stereocenters. The van der Waals surface area contributed by atoms with Crippen molar-refractivity contribution < 1.29 is 9.90 Å². The molecule has 0 atom stereocenters. The first-order valence-corrected chi connectivity index (χ1v) is 10.2. The highest BCUT2D eigenvalue weighted by Gasteiger charge is 2.23. The van der Waals surface area contributed by atoms with Gasteiger partial charge in [-0.25, -0.2) is 0 Å². The van der Waals surface area contributed by atoms with Gasteiger partial charge in [-0.2, -0.15) is 0 Å². The Hall–Kier alpha value is -2.14. The van der Waals surface area contributed by atoms with Crippen molar-refractivity contribution in [3.8, 4) is 5.69 Å². The highest BCUT2D eigenvalue weighted by Crippen LogP contribution is 2.31. The molecular formula is C23H25ClN2O2. The Morgan fingerprint density at radius 2 is 1.79 bits per heavy atom. The molecular weight excluding hydrogens is 372 g/mol. The monoisotopic (exact) mass is 396 g/mol. The largest absolute Gasteiger partial charge is 0.392 e. The number of carbonyl (C=O) groups excluding carboxylic acids is 1. The molecule has 1 aromatic heterocycles. The first-order chi connectivity index (χ1) is 13.6. The molecule has 1 aliphatic heterocycles. The summed E-state index contributed by atoms with van der Waals surface area (Å²) in [4.78, 5) is 15.5. The number of hydrogen-bond donors (Lipinski definition) is 1. The number of aliphatic hydroxyl groups is 1. The fourth-order valence-electron chi connectivity index (χ4n) is 4.23. The van der Waals surface area contributed by atoms with E-state index in [1.54, 1.807) is 0 Å². The third-order valence-electron chi connectivity index (χ3n) is 5.63. The fraction of sp³-hybridized carbons (Fsp3) is 0.348. The van der Waals surface area contributed by atoms with Gasteiger partial charge in [0.15, 0.2) is 5.78 Å². The summed E-state index contributed by atoms with van der Waals surface area (Å²) in [6.07, 6.45) is 3.58. The molecule has 5 heteroatoms. The van der Waals surface area contributed by atoms with Crippen LogP contribution >= 0.6 is 11.6 Å². The van der Waals surface area contributed by atoms with Gasteiger partial charge in [-0.3, -0.25) is 9.69 Å². The molecule has 2 aromatic carbocycles. The molecule has 0 aliphatic carbocycles. The summed E-state index contributed by atoms with van der Waals surface area (Å²) in [6, 6.07) is 13.4. The molecule has 2 heterocycles. The highest BCUT2D eigenvalue weighted by atomic mass is 35.5. The number of nitrogens with zero attached hydrogens (tertiary/aromatic N) is 2. The second-order valence-electron chi connectivity index (χ2n) is 7.54. The van der Waals surface area contributed by atoms with Crippen LogP contribution in [0.4, 0.5) is 0 Å². The van der Waals surface area contributed by atoms with Crippen LogP contribution in [-0.2, 0) is 6.61 Å². The van der Waals surface area contributed by atoms with Crippen LogP contribution in [0.2, 0.25) is 5.02 Å². The van der Waals surface area contributed by atoms with Crippen molar-refractivity contribution in [1.82, 2.24) is 9.47 Å². The van der Waals surface area contributed by atoms with E-state index in [1.165, 1.54) is 19.3 Å². The minimum absolute atomic E-state index is 0.0299. The first-order valence-electron chi connectivity index (χ1n) is 9.85. The quantitative estimate of drug-likeness (QED) is 0.633. The van der Waals surface area contributed by atoms with E-state index in [0.717, 1.165) is 46.5 Å². The molecule has 3 aromatic rings. The fourth-order valence-corrected chi connectivity index (χ4v) is 4.36. The van der Waals surface area contributed by atoms with Crippen molar-refractivity contribution in [2.24, 2.45) is 0 Å². The topological polar surface area (TPSA) is 45.5 Å². The van der Waals surface area contributed by atoms with Crippen LogP contribution in [0.15, 0.2) is 42.5 Å². The number of aromatic nitrogens is 1. The van der Waals surface area contributed by atoms with Crippen molar-refractivity contribution >= 4 is 28.3 Å². The number of halogens is 1. The maximum absolute atomic E-state index is 13.3. The van der Waals surface area contributed by atoms with Gasteiger partial charge < -0.3 is 9.67 Å². The molecule has 0 radical (unpaired) electrons. The van der Waals surface area contributed by atoms with Gasteiger partial charge in [0.1, 0.15) is 0 Å². The van der Waals surface area contributed by atoms with Crippen LogP contribution in [0.1, 0.15) is 40.9 Å². The number of carbonyl (C=O) groups is 1. The number of hydrogen-bond acceptors (Lipinski definition) is 3. The third-order valence-corrected chi connectivity index (χ3v) is 5.88. The summed E-state index contributed by atoms with van der Waals surface area (Å²) in [5, 5.41) is 11.2. The summed E-state index contributed by atoms with van der Waals surface area (Å²) in [5.41, 5.74) is 4.43. The highest BCUT2D eigenvalue weighted by molar-refractivity contribution is 6.30. The molecule has 0 spiro atoms. The van der Waals surface area contributed by atoms with Crippen molar-refractivity contribution in [3.63, 3.8) is 0 Å². The van der Waals surface area contributed by atoms with Gasteiger partial charge in [-0.15, -0.1) is 0 Å². The van der Waals surface area contributed by atoms with E-state index in [1.807, 2.05) is 49.4 Å². The number of ketones is 1. The molecule has 4 nitrogen and oxygen atoms in total. The summed E-state index contributed by atoms with van der Waals surface area (Å²) >= 11 is 6.07. The number of fused-ring (bicyclic) bond motifs is 1. The van der Waals surface area contributed by atoms with Crippen molar-refractivity contribution in [1.29, 1.82) is 0 Å². The number of Topliss-reactive ketones (excluding diaryl/α,β-unsaturated/α-hetero) is 1. The van der Waals surface area contributed by atoms with E-state index in [2.05, 4.69) is 9.47 Å². The van der Waals surface area contributed by atoms with Crippen LogP contribution < -0.4 is 0 Å². The zero-order chi connectivity index (χ0) is 19.7. The Bertz CT molecular complexity index is 1000. The first kappa shape index (κ1) is 19.2. The second-order valence-corrected chi connectivity index (χ2v) is 7.98. The van der Waals surface area contributed by atoms with E-state index in [-0.39, 0.29) is 12.4 Å². The minimum Gasteiger partial charge on any atom is -0.392 e. The SMILES string of the molecule is Cc1c(C(=O)CN2CCCCC2)c2ccc(CO)cc2n1-c1ccc(Cl)cc1. The Balaban J connectivity index is 1.83. The predicted octanol–water partition coefficient (Wildman–Crippen LogP) is 4.75. The lowest BCUT2D eigenvalue weighted by atomic mass is 10.0. The molecule has 0 bridgehead atoms. The van der Waals surface area contributed by atoms with E-state index in [0.29, 0.717) is 11.6 Å². The smallest absolute Gasteiger partial charge is 0.179 e. The van der Waals surface area contributed by atoms with E-state index in [9.17, 15) is 9.90 Å². The van der Waals surface area contributed by atoms with Gasteiger partial charge in [0.2, 0.25) is 0 Å². The van der Waals surface area contributed by atoms with Crippen molar-refractivity contribution in [2.75, 3.05) is 19.6 Å². The van der Waals surface area contributed by atoms with Gasteiger partial charge in [0.25, 0.3) is 0 Å². The lowest BCUT2D eigenvalue weighted by molar-refractivity contribution is 0.0916. The Kier molecular flexibility index (Phi) is 5.54. The van der Waals surface area contributed by atoms with E-state index < -0.39 is 0 Å². The lowest BCUT2D eigenvalue weighted by Crippen LogP contribution is -2.34. The van der Waals surface area contributed by atoms with E-state index in [4.69, 9.17) is 11.6 Å². The second kappa shape index (κ2) is 8.08. The molecule has 28 heavy (non-hydrogen) atoms. The Labute approximate surface area is 170 Å². The van der Waals surface area contributed by atoms with Gasteiger partial charge in [0.05, 0.1) is 18.7 Å². The zero-order valence-electron chi connectivity index (χ0n) is 16.1. The standard InChI is InChI=1S/C23H25ClN2O2/c1-16-23(22(28)14-25-11-3-2-4-12-25)20-10-5-17(15-27)13-21(20)26(16)19-8-6-18(24)7-9-19/h5-10,13,27H,2-4,11-12,14-15H2,1H3. The maximum Gasteiger partial charge on any atom is 0.179 e. The normalized spacial score (nSPS) is 15.2. The van der Waals surface area contributed by atoms with Crippen molar-refractivity contribution in [3.05, 3.63) is 64.3 Å². The summed E-state index contributed by atoms with van der Waals surface area (Å²) < 4.78 is 2.09. The zero-order valence-corrected chi connectivity index (χ0v) is 16.9. The van der Waals surface area contributed by atoms with Crippen LogP contribution in [0.25, 0.3) is 16.6 Å². The number of aliphatic hydroxyl groups excluding tert-OH is 1. The van der Waals surface area contributed by atoms with Gasteiger partial charge in [0, 0.05) is 27.4 Å². The molecule has 0 amide bonds. The van der Waals surface area contributed by atoms with Gasteiger partial charge in [-0.05, 0) is 68.8 Å². The number of rotatable bonds is 5. The van der Waals surface area contributed by atoms with Crippen LogP contribution in [0, 0.1) is 6.92 Å². The van der Waals surface area contributed by atoms with Gasteiger partial charge >= 0.3 is 0 Å². The predicted molar refractivity (Wildman–Crippen MR) is 114 cm³/mol. The van der Waals surface area contributed by atoms with Crippen molar-refractivity contribution in [2.45, 2.75) is 32.8 Å². The molecule has 1 saturated heterocycles. The molecule has 1 N–H and O–H groups in total. The molecule has 146 valence electrons. The summed E-state index contributed by atoms with van der Waals surface area (Å²) in [5.74, 6) is 0.161. The molecule has 4 rings (SSSR count). The van der Waals surface area contributed by atoms with Crippen LogP contribution in [0.5, 0.6) is 0 Å².